The van der Waals surface area contributed by atoms with E-state index in [0.717, 1.165) is 6.07 Å². The topological polar surface area (TPSA) is 62.5 Å². The molecule has 1 aromatic heterocycles. The molecule has 0 aliphatic rings. The number of halogens is 3. The second-order valence-electron chi connectivity index (χ2n) is 4.73. The smallest absolute Gasteiger partial charge is 0.192 e. The van der Waals surface area contributed by atoms with E-state index in [4.69, 9.17) is 4.52 Å². The third-order valence-electron chi connectivity index (χ3n) is 3.03. The fourth-order valence-corrected chi connectivity index (χ4v) is 1.87. The molecule has 2 N–H and O–H groups in total. The quantitative estimate of drug-likeness (QED) is 0.429. The fraction of sp³-hybridized carbons (Fsp3) is 0.333. The maximum absolute atomic E-state index is 13.3. The molecule has 0 bridgehead atoms. The van der Waals surface area contributed by atoms with Crippen LogP contribution in [-0.4, -0.2) is 17.7 Å². The van der Waals surface area contributed by atoms with Crippen LogP contribution in [0.25, 0.3) is 0 Å². The number of hydrogen-bond acceptors (Lipinski definition) is 3. The minimum Gasteiger partial charge on any atom is -0.364 e. The molecular formula is C15H19F2IN4O. The highest BCUT2D eigenvalue weighted by molar-refractivity contribution is 14.0. The Hall–Kier alpha value is -1.71. The van der Waals surface area contributed by atoms with E-state index in [1.807, 2.05) is 13.8 Å². The average molecular weight is 436 g/mol. The zero-order valence-corrected chi connectivity index (χ0v) is 15.2. The molecular weight excluding hydrogens is 417 g/mol. The van der Waals surface area contributed by atoms with Crippen molar-refractivity contribution in [1.29, 1.82) is 0 Å². The maximum atomic E-state index is 13.3. The van der Waals surface area contributed by atoms with Crippen molar-refractivity contribution in [3.8, 4) is 0 Å². The molecule has 0 spiro atoms. The molecule has 1 unspecified atom stereocenters. The van der Waals surface area contributed by atoms with Crippen molar-refractivity contribution in [3.05, 3.63) is 53.4 Å². The molecule has 0 aliphatic heterocycles. The van der Waals surface area contributed by atoms with E-state index in [-0.39, 0.29) is 30.0 Å². The second kappa shape index (κ2) is 9.43. The predicted octanol–water partition coefficient (Wildman–Crippen LogP) is 3.39. The number of hydrogen-bond donors (Lipinski definition) is 2. The zero-order chi connectivity index (χ0) is 15.9. The highest BCUT2D eigenvalue weighted by Crippen LogP contribution is 2.15. The lowest BCUT2D eigenvalue weighted by molar-refractivity contribution is 0.412. The number of aliphatic imine (C=N–C) groups is 1. The molecule has 0 saturated carbocycles. The number of aromatic nitrogens is 1. The largest absolute Gasteiger partial charge is 0.364 e. The van der Waals surface area contributed by atoms with Crippen molar-refractivity contribution in [2.75, 3.05) is 6.54 Å². The molecule has 1 heterocycles. The lowest BCUT2D eigenvalue weighted by Crippen LogP contribution is -2.38. The van der Waals surface area contributed by atoms with Gasteiger partial charge in [-0.3, -0.25) is 0 Å². The molecule has 0 saturated heterocycles. The molecule has 1 atom stereocenters. The molecule has 2 aromatic rings. The molecule has 8 heteroatoms. The van der Waals surface area contributed by atoms with Crippen LogP contribution in [-0.2, 0) is 6.54 Å². The molecule has 0 amide bonds. The molecule has 2 rings (SSSR count). The predicted molar refractivity (Wildman–Crippen MR) is 94.6 cm³/mol. The van der Waals surface area contributed by atoms with Crippen LogP contribution in [0.2, 0.25) is 0 Å². The summed E-state index contributed by atoms with van der Waals surface area (Å²) in [7, 11) is 0. The third kappa shape index (κ3) is 5.77. The van der Waals surface area contributed by atoms with Crippen molar-refractivity contribution in [2.45, 2.75) is 26.4 Å². The normalized spacial score (nSPS) is 12.4. The van der Waals surface area contributed by atoms with Crippen LogP contribution in [0, 0.1) is 11.6 Å². The third-order valence-corrected chi connectivity index (χ3v) is 3.03. The SMILES string of the molecule is CCNC(=NCc1ccon1)NC(C)c1ccc(F)c(F)c1.I. The average Bonchev–Trinajstić information content (AvgIpc) is 3.01. The second-order valence-corrected chi connectivity index (χ2v) is 4.73. The van der Waals surface area contributed by atoms with E-state index >= 15 is 0 Å². The minimum atomic E-state index is -0.865. The van der Waals surface area contributed by atoms with E-state index in [1.165, 1.54) is 18.4 Å². The van der Waals surface area contributed by atoms with Crippen molar-refractivity contribution in [2.24, 2.45) is 4.99 Å². The van der Waals surface area contributed by atoms with Gasteiger partial charge >= 0.3 is 0 Å². The summed E-state index contributed by atoms with van der Waals surface area (Å²) in [6.45, 7) is 4.82. The van der Waals surface area contributed by atoms with E-state index in [2.05, 4.69) is 20.8 Å². The Balaban J connectivity index is 0.00000264. The van der Waals surface area contributed by atoms with Crippen molar-refractivity contribution < 1.29 is 13.3 Å². The van der Waals surface area contributed by atoms with Gasteiger partial charge in [-0.25, -0.2) is 13.8 Å². The number of nitrogens with zero attached hydrogens (tertiary/aromatic N) is 2. The van der Waals surface area contributed by atoms with Gasteiger partial charge in [-0.05, 0) is 31.5 Å². The van der Waals surface area contributed by atoms with E-state index in [9.17, 15) is 8.78 Å². The summed E-state index contributed by atoms with van der Waals surface area (Å²) in [6, 6.07) is 5.32. The van der Waals surface area contributed by atoms with E-state index in [0.29, 0.717) is 30.3 Å². The lowest BCUT2D eigenvalue weighted by Gasteiger charge is -2.18. The zero-order valence-electron chi connectivity index (χ0n) is 12.8. The van der Waals surface area contributed by atoms with Gasteiger partial charge in [0.2, 0.25) is 0 Å². The van der Waals surface area contributed by atoms with Gasteiger partial charge in [-0.15, -0.1) is 24.0 Å². The summed E-state index contributed by atoms with van der Waals surface area (Å²) in [6.07, 6.45) is 1.48. The van der Waals surface area contributed by atoms with Crippen molar-refractivity contribution in [1.82, 2.24) is 15.8 Å². The summed E-state index contributed by atoms with van der Waals surface area (Å²) in [5, 5.41) is 10.00. The monoisotopic (exact) mass is 436 g/mol. The summed E-state index contributed by atoms with van der Waals surface area (Å²) < 4.78 is 31.0. The maximum Gasteiger partial charge on any atom is 0.192 e. The van der Waals surface area contributed by atoms with Gasteiger partial charge in [0, 0.05) is 12.6 Å². The summed E-state index contributed by atoms with van der Waals surface area (Å²) >= 11 is 0. The van der Waals surface area contributed by atoms with Crippen LogP contribution in [0.1, 0.15) is 31.1 Å². The lowest BCUT2D eigenvalue weighted by atomic mass is 10.1. The van der Waals surface area contributed by atoms with Crippen molar-refractivity contribution >= 4 is 29.9 Å². The van der Waals surface area contributed by atoms with Crippen LogP contribution in [0.3, 0.4) is 0 Å². The molecule has 0 fully saturated rings. The Morgan fingerprint density at radius 1 is 1.30 bits per heavy atom. The van der Waals surface area contributed by atoms with Crippen LogP contribution in [0.5, 0.6) is 0 Å². The Labute approximate surface area is 150 Å². The Kier molecular flexibility index (Phi) is 7.93. The molecule has 0 radical (unpaired) electrons. The van der Waals surface area contributed by atoms with Gasteiger partial charge in [0.15, 0.2) is 17.6 Å². The molecule has 126 valence electrons. The van der Waals surface area contributed by atoms with Gasteiger partial charge in [-0.2, -0.15) is 0 Å². The summed E-state index contributed by atoms with van der Waals surface area (Å²) in [5.74, 6) is -1.17. The van der Waals surface area contributed by atoms with Gasteiger partial charge in [0.1, 0.15) is 12.0 Å². The van der Waals surface area contributed by atoms with Crippen LogP contribution < -0.4 is 10.6 Å². The fourth-order valence-electron chi connectivity index (χ4n) is 1.87. The molecule has 1 aromatic carbocycles. The first kappa shape index (κ1) is 19.3. The minimum absolute atomic E-state index is 0. The number of guanidine groups is 1. The van der Waals surface area contributed by atoms with Crippen LogP contribution in [0.4, 0.5) is 8.78 Å². The highest BCUT2D eigenvalue weighted by atomic mass is 127. The van der Waals surface area contributed by atoms with E-state index < -0.39 is 11.6 Å². The van der Waals surface area contributed by atoms with E-state index in [1.54, 1.807) is 6.07 Å². The van der Waals surface area contributed by atoms with Gasteiger partial charge in [0.05, 0.1) is 12.6 Å². The number of nitrogens with one attached hydrogen (secondary N) is 2. The Morgan fingerprint density at radius 3 is 2.70 bits per heavy atom. The Bertz CT molecular complexity index is 634. The van der Waals surface area contributed by atoms with Crippen LogP contribution >= 0.6 is 24.0 Å². The molecule has 5 nitrogen and oxygen atoms in total. The Morgan fingerprint density at radius 2 is 2.09 bits per heavy atom. The first-order valence-corrected chi connectivity index (χ1v) is 6.99. The first-order chi connectivity index (χ1) is 10.6. The number of benzene rings is 1. The standard InChI is InChI=1S/C15H18F2N4O.HI/c1-3-18-15(19-9-12-6-7-22-21-12)20-10(2)11-4-5-13(16)14(17)8-11;/h4-8,10H,3,9H2,1-2H3,(H2,18,19,20);1H. The first-order valence-electron chi connectivity index (χ1n) is 6.99. The summed E-state index contributed by atoms with van der Waals surface area (Å²) in [5.41, 5.74) is 1.34. The van der Waals surface area contributed by atoms with Gasteiger partial charge in [0.25, 0.3) is 0 Å². The van der Waals surface area contributed by atoms with Crippen molar-refractivity contribution in [3.63, 3.8) is 0 Å². The summed E-state index contributed by atoms with van der Waals surface area (Å²) in [4.78, 5) is 4.37. The molecule has 23 heavy (non-hydrogen) atoms. The van der Waals surface area contributed by atoms with Gasteiger partial charge < -0.3 is 15.2 Å². The number of rotatable bonds is 5. The highest BCUT2D eigenvalue weighted by Gasteiger charge is 2.11. The van der Waals surface area contributed by atoms with Crippen LogP contribution in [0.15, 0.2) is 40.0 Å². The molecule has 0 aliphatic carbocycles. The van der Waals surface area contributed by atoms with Gasteiger partial charge in [-0.1, -0.05) is 11.2 Å².